The van der Waals surface area contributed by atoms with Crippen molar-refractivity contribution in [3.05, 3.63) is 22.2 Å². The lowest BCUT2D eigenvalue weighted by Gasteiger charge is -2.11. The largest absolute Gasteiger partial charge is 0.495 e. The summed E-state index contributed by atoms with van der Waals surface area (Å²) >= 11 is 1.39. The maximum Gasteiger partial charge on any atom is 0.305 e. The minimum Gasteiger partial charge on any atom is -0.495 e. The molecule has 0 amide bonds. The lowest BCUT2D eigenvalue weighted by atomic mass is 10.2. The molecule has 0 radical (unpaired) electrons. The summed E-state index contributed by atoms with van der Waals surface area (Å²) in [6, 6.07) is 2.92. The Balaban J connectivity index is 3.05. The fourth-order valence-electron chi connectivity index (χ4n) is 1.47. The zero-order valence-electron chi connectivity index (χ0n) is 10.5. The second kappa shape index (κ2) is 6.83. The van der Waals surface area contributed by atoms with E-state index < -0.39 is 10.9 Å². The summed E-state index contributed by atoms with van der Waals surface area (Å²) in [5, 5.41) is 22.3. The molecule has 0 aromatic heterocycles. The third-order valence-corrected chi connectivity index (χ3v) is 3.11. The number of ether oxygens (including phenoxy) is 1. The minimum absolute atomic E-state index is 0.113. The number of anilines is 1. The van der Waals surface area contributed by atoms with E-state index in [0.717, 1.165) is 4.90 Å². The third-order valence-electron chi connectivity index (χ3n) is 2.35. The smallest absolute Gasteiger partial charge is 0.305 e. The lowest BCUT2D eigenvalue weighted by Crippen LogP contribution is -2.09. The van der Waals surface area contributed by atoms with Crippen molar-refractivity contribution in [2.45, 2.75) is 11.3 Å². The molecule has 0 unspecified atom stereocenters. The zero-order chi connectivity index (χ0) is 14.4. The molecule has 0 aliphatic rings. The molecule has 19 heavy (non-hydrogen) atoms. The van der Waals surface area contributed by atoms with Crippen molar-refractivity contribution in [2.24, 2.45) is 0 Å². The first-order chi connectivity index (χ1) is 8.99. The molecule has 7 nitrogen and oxygen atoms in total. The van der Waals surface area contributed by atoms with Crippen molar-refractivity contribution in [2.75, 3.05) is 25.2 Å². The van der Waals surface area contributed by atoms with Crippen LogP contribution in [0.4, 0.5) is 11.4 Å². The van der Waals surface area contributed by atoms with Gasteiger partial charge >= 0.3 is 5.97 Å². The van der Waals surface area contributed by atoms with E-state index in [4.69, 9.17) is 9.84 Å². The molecule has 0 heterocycles. The van der Waals surface area contributed by atoms with Crippen LogP contribution in [-0.4, -0.2) is 35.9 Å². The molecule has 0 saturated carbocycles. The van der Waals surface area contributed by atoms with E-state index >= 15 is 0 Å². The van der Waals surface area contributed by atoms with Crippen molar-refractivity contribution in [3.8, 4) is 5.75 Å². The molecule has 0 aliphatic carbocycles. The van der Waals surface area contributed by atoms with Crippen LogP contribution >= 0.6 is 11.8 Å². The van der Waals surface area contributed by atoms with Gasteiger partial charge in [0.2, 0.25) is 0 Å². The van der Waals surface area contributed by atoms with E-state index in [0.29, 0.717) is 5.75 Å². The number of carboxylic acid groups (broad SMARTS) is 1. The average molecular weight is 286 g/mol. The number of hydrogen-bond acceptors (Lipinski definition) is 6. The van der Waals surface area contributed by atoms with Crippen LogP contribution in [0.25, 0.3) is 0 Å². The molecule has 1 rings (SSSR count). The van der Waals surface area contributed by atoms with E-state index in [1.807, 2.05) is 6.26 Å². The third kappa shape index (κ3) is 4.02. The second-order valence-corrected chi connectivity index (χ2v) is 4.40. The van der Waals surface area contributed by atoms with E-state index in [-0.39, 0.29) is 24.3 Å². The number of nitrogens with zero attached hydrogens (tertiary/aromatic N) is 1. The number of hydrogen-bond donors (Lipinski definition) is 2. The van der Waals surface area contributed by atoms with E-state index in [2.05, 4.69) is 5.32 Å². The second-order valence-electron chi connectivity index (χ2n) is 3.55. The number of methoxy groups -OCH3 is 1. The van der Waals surface area contributed by atoms with Gasteiger partial charge in [-0.25, -0.2) is 0 Å². The molecule has 0 bridgehead atoms. The standard InChI is InChI=1S/C11H14N2O5S/c1-18-9-6-8(13(16)17)7(5-10(9)19-2)12-4-3-11(14)15/h5-6,12H,3-4H2,1-2H3,(H,14,15). The van der Waals surface area contributed by atoms with E-state index in [9.17, 15) is 14.9 Å². The predicted octanol–water partition coefficient (Wildman–Crippen LogP) is 2.21. The Labute approximate surface area is 114 Å². The summed E-state index contributed by atoms with van der Waals surface area (Å²) < 4.78 is 5.08. The molecule has 0 aliphatic heterocycles. The van der Waals surface area contributed by atoms with Gasteiger partial charge in [0.15, 0.2) is 0 Å². The molecule has 8 heteroatoms. The molecule has 0 saturated heterocycles. The van der Waals surface area contributed by atoms with Gasteiger partial charge < -0.3 is 15.2 Å². The van der Waals surface area contributed by atoms with Gasteiger partial charge in [-0.1, -0.05) is 0 Å². The van der Waals surface area contributed by atoms with Gasteiger partial charge in [-0.15, -0.1) is 11.8 Å². The molecule has 2 N–H and O–H groups in total. The van der Waals surface area contributed by atoms with Crippen LogP contribution < -0.4 is 10.1 Å². The van der Waals surface area contributed by atoms with Crippen LogP contribution in [-0.2, 0) is 4.79 Å². The summed E-state index contributed by atoms with van der Waals surface area (Å²) in [6.07, 6.45) is 1.71. The number of nitrogens with one attached hydrogen (secondary N) is 1. The monoisotopic (exact) mass is 286 g/mol. The van der Waals surface area contributed by atoms with Crippen molar-refractivity contribution >= 4 is 29.1 Å². The maximum absolute atomic E-state index is 11.0. The molecular formula is C11H14N2O5S. The number of benzene rings is 1. The number of nitro benzene ring substituents is 1. The molecule has 1 aromatic rings. The summed E-state index contributed by atoms with van der Waals surface area (Å²) in [7, 11) is 1.44. The van der Waals surface area contributed by atoms with E-state index in [1.165, 1.54) is 24.9 Å². The molecule has 0 fully saturated rings. The van der Waals surface area contributed by atoms with Gasteiger partial charge in [0.05, 0.1) is 29.4 Å². The predicted molar refractivity (Wildman–Crippen MR) is 72.2 cm³/mol. The average Bonchev–Trinajstić information content (AvgIpc) is 2.37. The Morgan fingerprint density at radius 1 is 1.58 bits per heavy atom. The maximum atomic E-state index is 11.0. The summed E-state index contributed by atoms with van der Waals surface area (Å²) in [6.45, 7) is 0.121. The lowest BCUT2D eigenvalue weighted by molar-refractivity contribution is -0.384. The highest BCUT2D eigenvalue weighted by Gasteiger charge is 2.18. The first kappa shape index (κ1) is 15.1. The fraction of sp³-hybridized carbons (Fsp3) is 0.364. The first-order valence-corrected chi connectivity index (χ1v) is 6.58. The topological polar surface area (TPSA) is 102 Å². The van der Waals surface area contributed by atoms with Gasteiger partial charge in [0.1, 0.15) is 11.4 Å². The highest BCUT2D eigenvalue weighted by Crippen LogP contribution is 2.37. The van der Waals surface area contributed by atoms with Crippen LogP contribution in [0.2, 0.25) is 0 Å². The van der Waals surface area contributed by atoms with E-state index in [1.54, 1.807) is 6.07 Å². The Bertz CT molecular complexity index is 492. The van der Waals surface area contributed by atoms with Crippen LogP contribution in [0.5, 0.6) is 5.75 Å². The molecule has 0 atom stereocenters. The SMILES string of the molecule is COc1cc([N+](=O)[O-])c(NCCC(=O)O)cc1SC. The first-order valence-electron chi connectivity index (χ1n) is 5.35. The fourth-order valence-corrected chi connectivity index (χ4v) is 2.04. The van der Waals surface area contributed by atoms with Crippen LogP contribution in [0.1, 0.15) is 6.42 Å². The number of thioether (sulfide) groups is 1. The van der Waals surface area contributed by atoms with Crippen LogP contribution in [0, 0.1) is 10.1 Å². The number of carbonyl (C=O) groups is 1. The summed E-state index contributed by atoms with van der Waals surface area (Å²) in [5.41, 5.74) is 0.149. The molecule has 0 spiro atoms. The summed E-state index contributed by atoms with van der Waals surface area (Å²) in [4.78, 5) is 21.6. The van der Waals surface area contributed by atoms with Crippen LogP contribution in [0.15, 0.2) is 17.0 Å². The van der Waals surface area contributed by atoms with Gasteiger partial charge in [-0.2, -0.15) is 0 Å². The van der Waals surface area contributed by atoms with Crippen molar-refractivity contribution in [3.63, 3.8) is 0 Å². The minimum atomic E-state index is -0.964. The molecule has 1 aromatic carbocycles. The quantitative estimate of drug-likeness (QED) is 0.450. The molecule has 104 valence electrons. The highest BCUT2D eigenvalue weighted by atomic mass is 32.2. The Hall–Kier alpha value is -1.96. The number of nitro groups is 1. The number of aliphatic carboxylic acids is 1. The normalized spacial score (nSPS) is 10.0. The van der Waals surface area contributed by atoms with Crippen molar-refractivity contribution in [1.29, 1.82) is 0 Å². The van der Waals surface area contributed by atoms with Gasteiger partial charge in [0.25, 0.3) is 5.69 Å². The summed E-state index contributed by atoms with van der Waals surface area (Å²) in [5.74, 6) is -0.545. The van der Waals surface area contributed by atoms with Gasteiger partial charge in [-0.05, 0) is 12.3 Å². The van der Waals surface area contributed by atoms with Crippen LogP contribution in [0.3, 0.4) is 0 Å². The van der Waals surface area contributed by atoms with Gasteiger partial charge in [-0.3, -0.25) is 14.9 Å². The Morgan fingerprint density at radius 3 is 2.74 bits per heavy atom. The number of carboxylic acids is 1. The Kier molecular flexibility index (Phi) is 5.43. The highest BCUT2D eigenvalue weighted by molar-refractivity contribution is 7.98. The molecular weight excluding hydrogens is 272 g/mol. The van der Waals surface area contributed by atoms with Gasteiger partial charge in [0, 0.05) is 6.54 Å². The van der Waals surface area contributed by atoms with Crippen molar-refractivity contribution < 1.29 is 19.6 Å². The Morgan fingerprint density at radius 2 is 2.26 bits per heavy atom. The van der Waals surface area contributed by atoms with Crippen molar-refractivity contribution in [1.82, 2.24) is 0 Å². The zero-order valence-corrected chi connectivity index (χ0v) is 11.3. The number of rotatable bonds is 7.